The average molecular weight is 589 g/mol. The highest BCUT2D eigenvalue weighted by Gasteiger charge is 2.34. The Labute approximate surface area is 255 Å². The van der Waals surface area contributed by atoms with Crippen LogP contribution in [0.4, 0.5) is 0 Å². The van der Waals surface area contributed by atoms with Crippen LogP contribution >= 0.6 is 0 Å². The highest BCUT2D eigenvalue weighted by Crippen LogP contribution is 2.30. The molecule has 4 aromatic rings. The lowest BCUT2D eigenvalue weighted by Crippen LogP contribution is -2.30. The summed E-state index contributed by atoms with van der Waals surface area (Å²) < 4.78 is 18.7. The Hall–Kier alpha value is -5.55. The topological polar surface area (TPSA) is 99.6 Å². The maximum absolute atomic E-state index is 12.8. The number of aromatic nitrogens is 2. The molecule has 1 N–H and O–H groups in total. The summed E-state index contributed by atoms with van der Waals surface area (Å²) in [6.07, 6.45) is 6.17. The van der Waals surface area contributed by atoms with Gasteiger partial charge in [0.15, 0.2) is 5.76 Å². The summed E-state index contributed by atoms with van der Waals surface area (Å²) in [5.41, 5.74) is 2.67. The van der Waals surface area contributed by atoms with E-state index in [2.05, 4.69) is 23.7 Å². The fourth-order valence-corrected chi connectivity index (χ4v) is 4.44. The lowest BCUT2D eigenvalue weighted by molar-refractivity contribution is -0.136. The van der Waals surface area contributed by atoms with Gasteiger partial charge < -0.3 is 14.2 Å². The molecule has 0 bridgehead atoms. The van der Waals surface area contributed by atoms with Crippen LogP contribution in [0.25, 0.3) is 0 Å². The molecule has 0 unspecified atom stereocenters. The van der Waals surface area contributed by atoms with Crippen LogP contribution in [0.2, 0.25) is 0 Å². The second kappa shape index (κ2) is 14.6. The van der Waals surface area contributed by atoms with Gasteiger partial charge in [0.2, 0.25) is 5.76 Å². The van der Waals surface area contributed by atoms with Crippen molar-refractivity contribution in [2.45, 2.75) is 45.9 Å². The molecule has 0 saturated heterocycles. The van der Waals surface area contributed by atoms with Gasteiger partial charge in [-0.3, -0.25) is 14.3 Å². The predicted octanol–water partition coefficient (Wildman–Crippen LogP) is 5.36. The lowest BCUT2D eigenvalue weighted by Gasteiger charge is -2.10. The van der Waals surface area contributed by atoms with Crippen LogP contribution in [0.15, 0.2) is 124 Å². The first-order chi connectivity index (χ1) is 21.5. The van der Waals surface area contributed by atoms with Crippen LogP contribution in [-0.2, 0) is 45.2 Å². The zero-order chi connectivity index (χ0) is 30.7. The van der Waals surface area contributed by atoms with Gasteiger partial charge in [-0.15, -0.1) is 0 Å². The number of carbonyl (C=O) groups excluding carboxylic acids is 1. The SMILES string of the molecule is CCCCc1ccc(C#Cc2cn(C/C=C3\OC(=O)C(OCc4ccccc4)=C3OCc3ccccc3)c(=O)[nH]c2=O)cc1. The van der Waals surface area contributed by atoms with Crippen molar-refractivity contribution in [3.05, 3.63) is 163 Å². The minimum Gasteiger partial charge on any atom is -0.481 e. The summed E-state index contributed by atoms with van der Waals surface area (Å²) in [6.45, 7) is 2.44. The molecular weight excluding hydrogens is 556 g/mol. The number of esters is 1. The van der Waals surface area contributed by atoms with Gasteiger partial charge in [-0.1, -0.05) is 98.0 Å². The van der Waals surface area contributed by atoms with Gasteiger partial charge in [0, 0.05) is 18.3 Å². The minimum absolute atomic E-state index is 0.0246. The number of H-pyrrole nitrogens is 1. The minimum atomic E-state index is -0.698. The Kier molecular flexibility index (Phi) is 9.91. The fraction of sp³-hybridized carbons (Fsp3) is 0.194. The number of benzene rings is 3. The molecule has 0 spiro atoms. The van der Waals surface area contributed by atoms with Crippen molar-refractivity contribution in [3.63, 3.8) is 0 Å². The Morgan fingerprint density at radius 2 is 1.43 bits per heavy atom. The summed E-state index contributed by atoms with van der Waals surface area (Å²) in [7, 11) is 0. The number of aryl methyl sites for hydroxylation is 1. The number of unbranched alkanes of at least 4 members (excludes halogenated alkanes) is 1. The van der Waals surface area contributed by atoms with Crippen LogP contribution in [0.3, 0.4) is 0 Å². The number of allylic oxidation sites excluding steroid dienone is 1. The van der Waals surface area contributed by atoms with Crippen molar-refractivity contribution < 1.29 is 19.0 Å². The monoisotopic (exact) mass is 588 g/mol. The number of carbonyl (C=O) groups is 1. The zero-order valence-electron chi connectivity index (χ0n) is 24.4. The van der Waals surface area contributed by atoms with E-state index in [1.54, 1.807) is 0 Å². The molecule has 0 aliphatic carbocycles. The third-order valence-corrected chi connectivity index (χ3v) is 6.87. The molecule has 8 nitrogen and oxygen atoms in total. The first-order valence-corrected chi connectivity index (χ1v) is 14.5. The van der Waals surface area contributed by atoms with E-state index in [-0.39, 0.29) is 42.6 Å². The first-order valence-electron chi connectivity index (χ1n) is 14.5. The lowest BCUT2D eigenvalue weighted by atomic mass is 10.1. The third-order valence-electron chi connectivity index (χ3n) is 6.87. The molecule has 0 radical (unpaired) electrons. The molecule has 8 heteroatoms. The van der Waals surface area contributed by atoms with Gasteiger partial charge >= 0.3 is 11.7 Å². The Morgan fingerprint density at radius 1 is 0.795 bits per heavy atom. The van der Waals surface area contributed by atoms with Crippen molar-refractivity contribution in [1.29, 1.82) is 0 Å². The molecule has 0 saturated carbocycles. The van der Waals surface area contributed by atoms with Crippen LogP contribution in [0.1, 0.15) is 47.6 Å². The van der Waals surface area contributed by atoms with Gasteiger partial charge in [-0.2, -0.15) is 0 Å². The standard InChI is InChI=1S/C36H32N2O6/c1-2-3-10-26-15-17-27(18-16-26)19-20-30-23-38(36(41)37-34(30)39)22-21-31-32(42-24-28-11-6-4-7-12-28)33(35(40)44-31)43-25-29-13-8-5-9-14-29/h4-9,11-18,21,23H,2-3,10,22,24-25H2,1H3,(H,37,39,41)/b31-21-. The quantitative estimate of drug-likeness (QED) is 0.187. The molecule has 1 aromatic heterocycles. The molecule has 5 rings (SSSR count). The van der Waals surface area contributed by atoms with E-state index in [1.165, 1.54) is 22.4 Å². The summed E-state index contributed by atoms with van der Waals surface area (Å²) in [5.74, 6) is 5.35. The highest BCUT2D eigenvalue weighted by atomic mass is 16.6. The van der Waals surface area contributed by atoms with Crippen molar-refractivity contribution in [3.8, 4) is 11.8 Å². The Morgan fingerprint density at radius 3 is 2.07 bits per heavy atom. The fourth-order valence-electron chi connectivity index (χ4n) is 4.44. The normalized spacial score (nSPS) is 13.4. The molecule has 0 atom stereocenters. The number of rotatable bonds is 11. The van der Waals surface area contributed by atoms with Crippen LogP contribution in [0, 0.1) is 11.8 Å². The zero-order valence-corrected chi connectivity index (χ0v) is 24.4. The van der Waals surface area contributed by atoms with E-state index in [4.69, 9.17) is 14.2 Å². The van der Waals surface area contributed by atoms with Crippen molar-refractivity contribution in [2.75, 3.05) is 0 Å². The van der Waals surface area contributed by atoms with E-state index in [1.807, 2.05) is 84.9 Å². The van der Waals surface area contributed by atoms with Crippen molar-refractivity contribution in [1.82, 2.24) is 9.55 Å². The number of nitrogens with one attached hydrogen (secondary N) is 1. The number of cyclic esters (lactones) is 1. The van der Waals surface area contributed by atoms with Crippen molar-refractivity contribution in [2.24, 2.45) is 0 Å². The van der Waals surface area contributed by atoms with Crippen LogP contribution in [0.5, 0.6) is 0 Å². The molecule has 1 aliphatic heterocycles. The van der Waals surface area contributed by atoms with Gasteiger partial charge in [0.1, 0.15) is 18.8 Å². The number of hydrogen-bond acceptors (Lipinski definition) is 6. The van der Waals surface area contributed by atoms with Crippen molar-refractivity contribution >= 4 is 5.97 Å². The van der Waals surface area contributed by atoms with Gasteiger partial charge in [0.25, 0.3) is 11.3 Å². The predicted molar refractivity (Wildman–Crippen MR) is 166 cm³/mol. The van der Waals surface area contributed by atoms with E-state index >= 15 is 0 Å². The first kappa shape index (κ1) is 29.9. The third kappa shape index (κ3) is 7.84. The summed E-state index contributed by atoms with van der Waals surface area (Å²) >= 11 is 0. The number of nitrogens with zero attached hydrogens (tertiary/aromatic N) is 1. The second-order valence-corrected chi connectivity index (χ2v) is 10.2. The highest BCUT2D eigenvalue weighted by molar-refractivity contribution is 5.91. The average Bonchev–Trinajstić information content (AvgIpc) is 3.35. The summed E-state index contributed by atoms with van der Waals surface area (Å²) in [4.78, 5) is 40.3. The molecular formula is C36H32N2O6. The number of hydrogen-bond donors (Lipinski definition) is 1. The van der Waals surface area contributed by atoms with E-state index < -0.39 is 17.2 Å². The molecule has 44 heavy (non-hydrogen) atoms. The maximum atomic E-state index is 12.8. The molecule has 1 aliphatic rings. The summed E-state index contributed by atoms with van der Waals surface area (Å²) in [5, 5.41) is 0. The molecule has 0 fully saturated rings. The smallest absolute Gasteiger partial charge is 0.383 e. The maximum Gasteiger partial charge on any atom is 0.383 e. The van der Waals surface area contributed by atoms with E-state index in [0.29, 0.717) is 0 Å². The number of ether oxygens (including phenoxy) is 3. The van der Waals surface area contributed by atoms with Gasteiger partial charge in [-0.25, -0.2) is 9.59 Å². The second-order valence-electron chi connectivity index (χ2n) is 10.2. The molecule has 2 heterocycles. The van der Waals surface area contributed by atoms with E-state index in [0.717, 1.165) is 36.0 Å². The van der Waals surface area contributed by atoms with Gasteiger partial charge in [0.05, 0.1) is 0 Å². The Balaban J connectivity index is 1.37. The molecule has 222 valence electrons. The summed E-state index contributed by atoms with van der Waals surface area (Å²) in [6, 6.07) is 26.8. The number of aromatic amines is 1. The molecule has 0 amide bonds. The van der Waals surface area contributed by atoms with Gasteiger partial charge in [-0.05, 0) is 47.7 Å². The van der Waals surface area contributed by atoms with E-state index in [9.17, 15) is 14.4 Å². The van der Waals surface area contributed by atoms with Crippen LogP contribution < -0.4 is 11.2 Å². The molecule has 3 aromatic carbocycles. The van der Waals surface area contributed by atoms with Crippen LogP contribution in [-0.4, -0.2) is 15.5 Å². The largest absolute Gasteiger partial charge is 0.481 e. The Bertz CT molecular complexity index is 1840.